The highest BCUT2D eigenvalue weighted by atomic mass is 32.1. The molecule has 116 valence electrons. The summed E-state index contributed by atoms with van der Waals surface area (Å²) in [5, 5.41) is 16.1. The maximum absolute atomic E-state index is 12.1. The lowest BCUT2D eigenvalue weighted by Gasteiger charge is -2.04. The molecule has 3 aromatic rings. The summed E-state index contributed by atoms with van der Waals surface area (Å²) in [4.78, 5) is 26.3. The monoisotopic (exact) mass is 329 g/mol. The predicted molar refractivity (Wildman–Crippen MR) is 85.6 cm³/mol. The van der Waals surface area contributed by atoms with Crippen LogP contribution in [-0.2, 0) is 0 Å². The highest BCUT2D eigenvalue weighted by molar-refractivity contribution is 7.09. The number of furan rings is 1. The zero-order valence-corrected chi connectivity index (χ0v) is 12.8. The number of nitrogens with zero attached hydrogens (tertiary/aromatic N) is 2. The fraction of sp³-hybridized carbons (Fsp3) is 0.0667. The van der Waals surface area contributed by atoms with E-state index in [0.717, 1.165) is 22.3 Å². The van der Waals surface area contributed by atoms with E-state index in [9.17, 15) is 14.9 Å². The molecule has 2 heterocycles. The molecule has 1 aromatic carbocycles. The quantitative estimate of drug-likeness (QED) is 0.578. The summed E-state index contributed by atoms with van der Waals surface area (Å²) >= 11 is 1.54. The highest BCUT2D eigenvalue weighted by Gasteiger charge is 2.17. The van der Waals surface area contributed by atoms with Crippen molar-refractivity contribution in [1.82, 2.24) is 4.98 Å². The number of benzene rings is 1. The Bertz CT molecular complexity index is 884. The van der Waals surface area contributed by atoms with E-state index in [-0.39, 0.29) is 5.76 Å². The zero-order chi connectivity index (χ0) is 16.4. The molecule has 8 heteroatoms. The molecule has 1 N–H and O–H groups in total. The van der Waals surface area contributed by atoms with E-state index in [2.05, 4.69) is 10.3 Å². The number of carbonyl (C=O) groups is 1. The van der Waals surface area contributed by atoms with E-state index >= 15 is 0 Å². The molecule has 3 rings (SSSR count). The van der Waals surface area contributed by atoms with Gasteiger partial charge in [-0.3, -0.25) is 14.9 Å². The van der Waals surface area contributed by atoms with Crippen LogP contribution in [0.4, 0.5) is 11.6 Å². The minimum Gasteiger partial charge on any atom is -0.395 e. The molecular weight excluding hydrogens is 318 g/mol. The topological polar surface area (TPSA) is 98.3 Å². The van der Waals surface area contributed by atoms with Gasteiger partial charge in [-0.2, -0.15) is 0 Å². The van der Waals surface area contributed by atoms with Crippen LogP contribution in [0, 0.1) is 17.0 Å². The summed E-state index contributed by atoms with van der Waals surface area (Å²) < 4.78 is 4.88. The molecule has 0 unspecified atom stereocenters. The van der Waals surface area contributed by atoms with Crippen LogP contribution < -0.4 is 5.32 Å². The Balaban J connectivity index is 1.79. The molecule has 0 aliphatic heterocycles. The van der Waals surface area contributed by atoms with Crippen LogP contribution in [0.1, 0.15) is 15.6 Å². The third-order valence-electron chi connectivity index (χ3n) is 3.03. The summed E-state index contributed by atoms with van der Waals surface area (Å²) in [6, 6.07) is 9.60. The van der Waals surface area contributed by atoms with Crippen molar-refractivity contribution in [3.63, 3.8) is 0 Å². The average molecular weight is 329 g/mol. The van der Waals surface area contributed by atoms with Gasteiger partial charge in [-0.25, -0.2) is 4.98 Å². The largest absolute Gasteiger partial charge is 0.433 e. The van der Waals surface area contributed by atoms with Crippen LogP contribution in [0.2, 0.25) is 0 Å². The number of nitrogens with one attached hydrogen (secondary N) is 1. The Morgan fingerprint density at radius 2 is 2.17 bits per heavy atom. The third kappa shape index (κ3) is 3.27. The SMILES string of the molecule is Cc1nc(-c2cccc(NC(=O)c3ccc([N+](=O)[O-])o3)c2)cs1. The number of aryl methyl sites for hydroxylation is 1. The van der Waals surface area contributed by atoms with E-state index in [1.807, 2.05) is 18.4 Å². The molecule has 23 heavy (non-hydrogen) atoms. The van der Waals surface area contributed by atoms with Gasteiger partial charge in [-0.05, 0) is 25.1 Å². The Morgan fingerprint density at radius 3 is 2.83 bits per heavy atom. The fourth-order valence-electron chi connectivity index (χ4n) is 1.99. The zero-order valence-electron chi connectivity index (χ0n) is 12.0. The Labute approximate surface area is 134 Å². The summed E-state index contributed by atoms with van der Waals surface area (Å²) in [6.45, 7) is 1.92. The minimum absolute atomic E-state index is 0.119. The summed E-state index contributed by atoms with van der Waals surface area (Å²) in [5.74, 6) is -1.14. The number of carbonyl (C=O) groups excluding carboxylic acids is 1. The molecule has 0 saturated carbocycles. The second kappa shape index (κ2) is 6.01. The Morgan fingerprint density at radius 1 is 1.35 bits per heavy atom. The summed E-state index contributed by atoms with van der Waals surface area (Å²) in [7, 11) is 0. The molecule has 0 fully saturated rings. The van der Waals surface area contributed by atoms with Crippen LogP contribution in [0.5, 0.6) is 0 Å². The first-order valence-corrected chi connectivity index (χ1v) is 7.49. The molecule has 0 aliphatic carbocycles. The van der Waals surface area contributed by atoms with Crippen LogP contribution in [0.3, 0.4) is 0 Å². The number of rotatable bonds is 4. The van der Waals surface area contributed by atoms with E-state index in [4.69, 9.17) is 4.42 Å². The molecule has 2 aromatic heterocycles. The lowest BCUT2D eigenvalue weighted by Crippen LogP contribution is -2.10. The fourth-order valence-corrected chi connectivity index (χ4v) is 2.61. The van der Waals surface area contributed by atoms with Crippen molar-refractivity contribution in [2.75, 3.05) is 5.32 Å². The molecule has 0 radical (unpaired) electrons. The van der Waals surface area contributed by atoms with Crippen LogP contribution in [0.25, 0.3) is 11.3 Å². The molecule has 0 atom stereocenters. The Kier molecular flexibility index (Phi) is 3.90. The molecular formula is C15H11N3O4S. The molecule has 0 spiro atoms. The van der Waals surface area contributed by atoms with Crippen LogP contribution in [-0.4, -0.2) is 15.8 Å². The standard InChI is InChI=1S/C15H11N3O4S/c1-9-16-12(8-23-9)10-3-2-4-11(7-10)17-15(19)13-5-6-14(22-13)18(20)21/h2-8H,1H3,(H,17,19). The van der Waals surface area contributed by atoms with Crippen molar-refractivity contribution in [2.24, 2.45) is 0 Å². The number of amides is 1. The van der Waals surface area contributed by atoms with Crippen molar-refractivity contribution in [1.29, 1.82) is 0 Å². The summed E-state index contributed by atoms with van der Waals surface area (Å²) in [6.07, 6.45) is 0. The van der Waals surface area contributed by atoms with E-state index in [0.29, 0.717) is 5.69 Å². The predicted octanol–water partition coefficient (Wildman–Crippen LogP) is 3.87. The van der Waals surface area contributed by atoms with E-state index in [1.54, 1.807) is 29.5 Å². The number of thiazole rings is 1. The first kappa shape index (κ1) is 14.9. The van der Waals surface area contributed by atoms with Gasteiger partial charge in [0.05, 0.1) is 16.8 Å². The highest BCUT2D eigenvalue weighted by Crippen LogP contribution is 2.24. The number of aromatic nitrogens is 1. The third-order valence-corrected chi connectivity index (χ3v) is 3.80. The molecule has 0 saturated heterocycles. The van der Waals surface area contributed by atoms with Gasteiger partial charge < -0.3 is 9.73 Å². The molecule has 1 amide bonds. The van der Waals surface area contributed by atoms with Gasteiger partial charge in [0.1, 0.15) is 4.92 Å². The van der Waals surface area contributed by atoms with Gasteiger partial charge in [0.2, 0.25) is 0 Å². The maximum Gasteiger partial charge on any atom is 0.433 e. The second-order valence-corrected chi connectivity index (χ2v) is 5.74. The number of anilines is 1. The Hall–Kier alpha value is -3.00. The van der Waals surface area contributed by atoms with Gasteiger partial charge in [-0.1, -0.05) is 12.1 Å². The van der Waals surface area contributed by atoms with Gasteiger partial charge in [0.25, 0.3) is 5.91 Å². The van der Waals surface area contributed by atoms with Crippen molar-refractivity contribution in [2.45, 2.75) is 6.92 Å². The van der Waals surface area contributed by atoms with Crippen LogP contribution >= 0.6 is 11.3 Å². The second-order valence-electron chi connectivity index (χ2n) is 4.68. The molecule has 0 aliphatic rings. The lowest BCUT2D eigenvalue weighted by atomic mass is 10.1. The molecule has 0 bridgehead atoms. The number of hydrogen-bond acceptors (Lipinski definition) is 6. The van der Waals surface area contributed by atoms with E-state index < -0.39 is 16.7 Å². The lowest BCUT2D eigenvalue weighted by molar-refractivity contribution is -0.402. The van der Waals surface area contributed by atoms with Crippen LogP contribution in [0.15, 0.2) is 46.2 Å². The van der Waals surface area contributed by atoms with Crippen molar-refractivity contribution >= 4 is 28.8 Å². The minimum atomic E-state index is -0.692. The first-order valence-electron chi connectivity index (χ1n) is 6.61. The van der Waals surface area contributed by atoms with Crippen molar-refractivity contribution in [3.05, 3.63) is 62.7 Å². The number of hydrogen-bond donors (Lipinski definition) is 1. The number of nitro groups is 1. The molecule has 7 nitrogen and oxygen atoms in total. The van der Waals surface area contributed by atoms with Gasteiger partial charge >= 0.3 is 5.88 Å². The normalized spacial score (nSPS) is 10.5. The smallest absolute Gasteiger partial charge is 0.395 e. The van der Waals surface area contributed by atoms with Gasteiger partial charge in [0.15, 0.2) is 5.76 Å². The summed E-state index contributed by atoms with van der Waals surface area (Å²) in [5.41, 5.74) is 2.26. The van der Waals surface area contributed by atoms with Crippen molar-refractivity contribution in [3.8, 4) is 11.3 Å². The van der Waals surface area contributed by atoms with Gasteiger partial charge in [-0.15, -0.1) is 11.3 Å². The van der Waals surface area contributed by atoms with Gasteiger partial charge in [0, 0.05) is 16.6 Å². The van der Waals surface area contributed by atoms with Crippen molar-refractivity contribution < 1.29 is 14.1 Å². The average Bonchev–Trinajstić information content (AvgIpc) is 3.16. The first-order chi connectivity index (χ1) is 11.0. The maximum atomic E-state index is 12.1. The van der Waals surface area contributed by atoms with E-state index in [1.165, 1.54) is 6.07 Å².